The first kappa shape index (κ1) is 26.1. The third kappa shape index (κ3) is 19.7. The Morgan fingerprint density at radius 1 is 0.778 bits per heavy atom. The molecule has 0 aromatic rings. The highest BCUT2D eigenvalue weighted by molar-refractivity contribution is 5.75. The van der Waals surface area contributed by atoms with E-state index in [4.69, 9.17) is 0 Å². The molecule has 0 rings (SSSR count). The lowest BCUT2D eigenvalue weighted by Gasteiger charge is -2.11. The lowest BCUT2D eigenvalue weighted by atomic mass is 10.0. The van der Waals surface area contributed by atoms with Crippen molar-refractivity contribution in [3.05, 3.63) is 0 Å². The van der Waals surface area contributed by atoms with Crippen LogP contribution in [0.3, 0.4) is 0 Å². The van der Waals surface area contributed by atoms with Crippen LogP contribution in [0.5, 0.6) is 0 Å². The Hall–Kier alpha value is -0.900. The highest BCUT2D eigenvalue weighted by Gasteiger charge is 2.06. The summed E-state index contributed by atoms with van der Waals surface area (Å²) in [4.78, 5) is 22.6. The lowest BCUT2D eigenvalue weighted by Crippen LogP contribution is -2.35. The van der Waals surface area contributed by atoms with Crippen LogP contribution in [0.25, 0.3) is 0 Å². The monoisotopic (exact) mass is 382 g/mol. The standard InChI is InChI=1S/C23H46N2O2/c1-3-5-6-7-8-9-10-11-12-13-14-15-16-17-18-23(27)25-20-19-22(21-26)24-4-2/h21-22,24H,3-20H2,1-2H3,(H,25,27). The molecule has 4 nitrogen and oxygen atoms in total. The topological polar surface area (TPSA) is 58.2 Å². The van der Waals surface area contributed by atoms with Crippen molar-refractivity contribution in [2.24, 2.45) is 0 Å². The molecule has 0 saturated carbocycles. The second kappa shape index (κ2) is 21.4. The van der Waals surface area contributed by atoms with Crippen LogP contribution in [0.4, 0.5) is 0 Å². The van der Waals surface area contributed by atoms with E-state index in [-0.39, 0.29) is 11.9 Å². The average molecular weight is 383 g/mol. The number of nitrogens with one attached hydrogen (secondary N) is 2. The molecule has 0 bridgehead atoms. The predicted molar refractivity (Wildman–Crippen MR) is 116 cm³/mol. The quantitative estimate of drug-likeness (QED) is 0.202. The van der Waals surface area contributed by atoms with Gasteiger partial charge in [-0.15, -0.1) is 0 Å². The minimum absolute atomic E-state index is 0.120. The average Bonchev–Trinajstić information content (AvgIpc) is 2.67. The molecule has 2 N–H and O–H groups in total. The third-order valence-electron chi connectivity index (χ3n) is 5.17. The predicted octanol–water partition coefficient (Wildman–Crippen LogP) is 5.54. The zero-order chi connectivity index (χ0) is 20.0. The Kier molecular flexibility index (Phi) is 20.7. The molecule has 1 unspecified atom stereocenters. The summed E-state index contributed by atoms with van der Waals surface area (Å²) in [6.07, 6.45) is 20.8. The second-order valence-electron chi connectivity index (χ2n) is 7.79. The Morgan fingerprint density at radius 3 is 1.70 bits per heavy atom. The lowest BCUT2D eigenvalue weighted by molar-refractivity contribution is -0.121. The van der Waals surface area contributed by atoms with Crippen molar-refractivity contribution in [2.75, 3.05) is 13.1 Å². The minimum atomic E-state index is -0.142. The Bertz CT molecular complexity index is 334. The van der Waals surface area contributed by atoms with Crippen LogP contribution >= 0.6 is 0 Å². The molecular weight excluding hydrogens is 336 g/mol. The van der Waals surface area contributed by atoms with Crippen LogP contribution in [-0.4, -0.2) is 31.3 Å². The molecule has 27 heavy (non-hydrogen) atoms. The van der Waals surface area contributed by atoms with Gasteiger partial charge in [0.2, 0.25) is 5.91 Å². The molecule has 1 amide bonds. The highest BCUT2D eigenvalue weighted by atomic mass is 16.1. The number of carbonyl (C=O) groups is 2. The first-order chi connectivity index (χ1) is 13.2. The van der Waals surface area contributed by atoms with Crippen molar-refractivity contribution in [3.8, 4) is 0 Å². The number of likely N-dealkylation sites (N-methyl/N-ethyl adjacent to an activating group) is 1. The van der Waals surface area contributed by atoms with Crippen molar-refractivity contribution in [1.82, 2.24) is 10.6 Å². The summed E-state index contributed by atoms with van der Waals surface area (Å²) in [5, 5.41) is 6.00. The Balaban J connectivity index is 3.25. The zero-order valence-corrected chi connectivity index (χ0v) is 18.2. The van der Waals surface area contributed by atoms with Gasteiger partial charge in [-0.25, -0.2) is 0 Å². The van der Waals surface area contributed by atoms with Gasteiger partial charge < -0.3 is 15.4 Å². The van der Waals surface area contributed by atoms with E-state index < -0.39 is 0 Å². The fourth-order valence-electron chi connectivity index (χ4n) is 3.42. The molecular formula is C23H46N2O2. The van der Waals surface area contributed by atoms with Crippen LogP contribution in [0, 0.1) is 0 Å². The van der Waals surface area contributed by atoms with Crippen molar-refractivity contribution >= 4 is 12.2 Å². The van der Waals surface area contributed by atoms with E-state index in [0.717, 1.165) is 25.7 Å². The normalized spacial score (nSPS) is 12.1. The van der Waals surface area contributed by atoms with E-state index in [1.807, 2.05) is 6.92 Å². The fraction of sp³-hybridized carbons (Fsp3) is 0.913. The molecule has 0 radical (unpaired) electrons. The van der Waals surface area contributed by atoms with Crippen molar-refractivity contribution in [2.45, 2.75) is 123 Å². The van der Waals surface area contributed by atoms with Gasteiger partial charge in [0, 0.05) is 13.0 Å². The SMILES string of the molecule is CCCCCCCCCCCCCCCCC(=O)NCCC(C=O)NCC. The summed E-state index contributed by atoms with van der Waals surface area (Å²) in [5.74, 6) is 0.120. The molecule has 0 heterocycles. The van der Waals surface area contributed by atoms with Crippen molar-refractivity contribution in [1.29, 1.82) is 0 Å². The molecule has 0 aliphatic heterocycles. The maximum atomic E-state index is 11.8. The largest absolute Gasteiger partial charge is 0.356 e. The van der Waals surface area contributed by atoms with Gasteiger partial charge in [0.1, 0.15) is 6.29 Å². The van der Waals surface area contributed by atoms with Crippen LogP contribution in [-0.2, 0) is 9.59 Å². The number of rotatable bonds is 21. The summed E-state index contributed by atoms with van der Waals surface area (Å²) in [6, 6.07) is -0.142. The van der Waals surface area contributed by atoms with Crippen LogP contribution < -0.4 is 10.6 Å². The Morgan fingerprint density at radius 2 is 1.26 bits per heavy atom. The van der Waals surface area contributed by atoms with Crippen LogP contribution in [0.2, 0.25) is 0 Å². The van der Waals surface area contributed by atoms with Crippen molar-refractivity contribution in [3.63, 3.8) is 0 Å². The molecule has 0 saturated heterocycles. The number of amides is 1. The van der Waals surface area contributed by atoms with Gasteiger partial charge in [-0.05, 0) is 19.4 Å². The second-order valence-corrected chi connectivity index (χ2v) is 7.79. The molecule has 0 aromatic carbocycles. The number of aldehydes is 1. The number of hydrogen-bond donors (Lipinski definition) is 2. The third-order valence-corrected chi connectivity index (χ3v) is 5.17. The van der Waals surface area contributed by atoms with Crippen LogP contribution in [0.1, 0.15) is 117 Å². The molecule has 0 fully saturated rings. The van der Waals surface area contributed by atoms with Crippen LogP contribution in [0.15, 0.2) is 0 Å². The van der Waals surface area contributed by atoms with E-state index >= 15 is 0 Å². The highest BCUT2D eigenvalue weighted by Crippen LogP contribution is 2.13. The van der Waals surface area contributed by atoms with Gasteiger partial charge in [0.05, 0.1) is 6.04 Å². The zero-order valence-electron chi connectivity index (χ0n) is 18.2. The Labute approximate surface area is 168 Å². The maximum Gasteiger partial charge on any atom is 0.219 e. The number of hydrogen-bond acceptors (Lipinski definition) is 3. The number of unbranched alkanes of at least 4 members (excludes halogenated alkanes) is 13. The van der Waals surface area contributed by atoms with Gasteiger partial charge >= 0.3 is 0 Å². The summed E-state index contributed by atoms with van der Waals surface area (Å²) in [6.45, 7) is 5.60. The van der Waals surface area contributed by atoms with E-state index in [0.29, 0.717) is 19.4 Å². The fourth-order valence-corrected chi connectivity index (χ4v) is 3.42. The molecule has 0 aromatic heterocycles. The first-order valence-electron chi connectivity index (χ1n) is 11.7. The smallest absolute Gasteiger partial charge is 0.219 e. The van der Waals surface area contributed by atoms with E-state index in [1.165, 1.54) is 77.0 Å². The number of carbonyl (C=O) groups excluding carboxylic acids is 2. The first-order valence-corrected chi connectivity index (χ1v) is 11.7. The molecule has 0 spiro atoms. The minimum Gasteiger partial charge on any atom is -0.356 e. The van der Waals surface area contributed by atoms with Gasteiger partial charge in [-0.3, -0.25) is 4.79 Å². The van der Waals surface area contributed by atoms with Gasteiger partial charge in [-0.2, -0.15) is 0 Å². The molecule has 4 heteroatoms. The summed E-state index contributed by atoms with van der Waals surface area (Å²) in [7, 11) is 0. The summed E-state index contributed by atoms with van der Waals surface area (Å²) >= 11 is 0. The van der Waals surface area contributed by atoms with Gasteiger partial charge in [0.25, 0.3) is 0 Å². The maximum absolute atomic E-state index is 11.8. The molecule has 1 atom stereocenters. The van der Waals surface area contributed by atoms with Gasteiger partial charge in [-0.1, -0.05) is 97.3 Å². The van der Waals surface area contributed by atoms with E-state index in [9.17, 15) is 9.59 Å². The van der Waals surface area contributed by atoms with E-state index in [2.05, 4.69) is 17.6 Å². The molecule has 0 aliphatic carbocycles. The van der Waals surface area contributed by atoms with Crippen molar-refractivity contribution < 1.29 is 9.59 Å². The van der Waals surface area contributed by atoms with E-state index in [1.54, 1.807) is 0 Å². The summed E-state index contributed by atoms with van der Waals surface area (Å²) < 4.78 is 0. The molecule has 0 aliphatic rings. The summed E-state index contributed by atoms with van der Waals surface area (Å²) in [5.41, 5.74) is 0. The molecule has 160 valence electrons. The van der Waals surface area contributed by atoms with Gasteiger partial charge in [0.15, 0.2) is 0 Å².